The molecule has 0 aromatic heterocycles. The van der Waals surface area contributed by atoms with Gasteiger partial charge in [-0.3, -0.25) is 9.59 Å². The first-order valence-electron chi connectivity index (χ1n) is 6.11. The van der Waals surface area contributed by atoms with Gasteiger partial charge in [-0.2, -0.15) is 0 Å². The first kappa shape index (κ1) is 14.7. The Hall–Kier alpha value is -1.35. The molecular formula is C14H17ClO3. The van der Waals surface area contributed by atoms with E-state index in [1.54, 1.807) is 24.3 Å². The van der Waals surface area contributed by atoms with Gasteiger partial charge in [-0.25, -0.2) is 0 Å². The fraction of sp³-hybridized carbons (Fsp3) is 0.429. The maximum Gasteiger partial charge on any atom is 0.303 e. The number of ketones is 1. The van der Waals surface area contributed by atoms with E-state index in [0.29, 0.717) is 23.4 Å². The lowest BCUT2D eigenvalue weighted by atomic mass is 10.0. The van der Waals surface area contributed by atoms with Crippen molar-refractivity contribution >= 4 is 23.4 Å². The SMILES string of the molecule is O=C(O)CCCCCCC(=O)c1ccccc1Cl. The van der Waals surface area contributed by atoms with E-state index in [-0.39, 0.29) is 12.2 Å². The Morgan fingerprint density at radius 3 is 2.22 bits per heavy atom. The molecule has 0 aliphatic heterocycles. The fourth-order valence-electron chi connectivity index (χ4n) is 1.74. The Morgan fingerprint density at radius 2 is 1.61 bits per heavy atom. The zero-order valence-corrected chi connectivity index (χ0v) is 10.9. The summed E-state index contributed by atoms with van der Waals surface area (Å²) in [6.45, 7) is 0. The molecule has 0 aliphatic rings. The standard InChI is InChI=1S/C14H17ClO3/c15-12-8-6-5-7-11(12)13(16)9-3-1-2-4-10-14(17)18/h5-8H,1-4,9-10H2,(H,17,18). The van der Waals surface area contributed by atoms with Gasteiger partial charge in [-0.1, -0.05) is 36.6 Å². The van der Waals surface area contributed by atoms with E-state index in [9.17, 15) is 9.59 Å². The fourth-order valence-corrected chi connectivity index (χ4v) is 1.98. The highest BCUT2D eigenvalue weighted by Crippen LogP contribution is 2.18. The molecule has 4 heteroatoms. The summed E-state index contributed by atoms with van der Waals surface area (Å²) in [6.07, 6.45) is 3.86. The summed E-state index contributed by atoms with van der Waals surface area (Å²) in [4.78, 5) is 22.1. The molecule has 0 radical (unpaired) electrons. The van der Waals surface area contributed by atoms with Crippen LogP contribution in [0.1, 0.15) is 48.9 Å². The second-order valence-electron chi connectivity index (χ2n) is 4.21. The molecule has 0 amide bonds. The van der Waals surface area contributed by atoms with Crippen LogP contribution in [-0.4, -0.2) is 16.9 Å². The lowest BCUT2D eigenvalue weighted by molar-refractivity contribution is -0.137. The second kappa shape index (κ2) is 7.88. The molecular weight excluding hydrogens is 252 g/mol. The number of carbonyl (C=O) groups excluding carboxylic acids is 1. The van der Waals surface area contributed by atoms with Crippen LogP contribution in [0.15, 0.2) is 24.3 Å². The topological polar surface area (TPSA) is 54.4 Å². The minimum atomic E-state index is -0.762. The van der Waals surface area contributed by atoms with Crippen molar-refractivity contribution in [2.24, 2.45) is 0 Å². The van der Waals surface area contributed by atoms with Crippen LogP contribution in [0, 0.1) is 0 Å². The predicted octanol–water partition coefficient (Wildman–Crippen LogP) is 3.95. The molecule has 1 aromatic rings. The number of carboxylic acid groups (broad SMARTS) is 1. The molecule has 1 aromatic carbocycles. The van der Waals surface area contributed by atoms with E-state index in [2.05, 4.69) is 0 Å². The third-order valence-electron chi connectivity index (χ3n) is 2.72. The van der Waals surface area contributed by atoms with E-state index in [1.807, 2.05) is 0 Å². The first-order valence-corrected chi connectivity index (χ1v) is 6.48. The number of hydrogen-bond donors (Lipinski definition) is 1. The van der Waals surface area contributed by atoms with Crippen LogP contribution in [0.3, 0.4) is 0 Å². The van der Waals surface area contributed by atoms with Crippen molar-refractivity contribution in [1.29, 1.82) is 0 Å². The van der Waals surface area contributed by atoms with Gasteiger partial charge in [0.05, 0.1) is 5.02 Å². The molecule has 1 N–H and O–H groups in total. The maximum atomic E-state index is 11.8. The lowest BCUT2D eigenvalue weighted by Crippen LogP contribution is -2.00. The molecule has 0 fully saturated rings. The van der Waals surface area contributed by atoms with Crippen LogP contribution < -0.4 is 0 Å². The molecule has 3 nitrogen and oxygen atoms in total. The number of hydrogen-bond acceptors (Lipinski definition) is 2. The number of Topliss-reactive ketones (excluding diaryl/α,β-unsaturated/α-hetero) is 1. The minimum absolute atomic E-state index is 0.0545. The van der Waals surface area contributed by atoms with Gasteiger partial charge in [0.1, 0.15) is 0 Å². The monoisotopic (exact) mass is 268 g/mol. The molecule has 1 rings (SSSR count). The molecule has 0 unspecified atom stereocenters. The molecule has 0 bridgehead atoms. The zero-order chi connectivity index (χ0) is 13.4. The van der Waals surface area contributed by atoms with Gasteiger partial charge >= 0.3 is 5.97 Å². The zero-order valence-electron chi connectivity index (χ0n) is 10.2. The quantitative estimate of drug-likeness (QED) is 0.574. The molecule has 0 saturated carbocycles. The van der Waals surface area contributed by atoms with E-state index in [0.717, 1.165) is 19.3 Å². The van der Waals surface area contributed by atoms with Crippen LogP contribution >= 0.6 is 11.6 Å². The van der Waals surface area contributed by atoms with Gasteiger partial charge in [-0.05, 0) is 25.0 Å². The number of carbonyl (C=O) groups is 2. The molecule has 98 valence electrons. The Bertz CT molecular complexity index is 415. The third-order valence-corrected chi connectivity index (χ3v) is 3.05. The van der Waals surface area contributed by atoms with Gasteiger partial charge in [0.15, 0.2) is 5.78 Å². The van der Waals surface area contributed by atoms with Crippen LogP contribution in [0.5, 0.6) is 0 Å². The van der Waals surface area contributed by atoms with Crippen molar-refractivity contribution in [3.05, 3.63) is 34.9 Å². The summed E-state index contributed by atoms with van der Waals surface area (Å²) in [5, 5.41) is 8.96. The smallest absolute Gasteiger partial charge is 0.303 e. The highest BCUT2D eigenvalue weighted by Gasteiger charge is 2.08. The van der Waals surface area contributed by atoms with Crippen molar-refractivity contribution in [1.82, 2.24) is 0 Å². The van der Waals surface area contributed by atoms with Gasteiger partial charge in [0.2, 0.25) is 0 Å². The first-order chi connectivity index (χ1) is 8.61. The number of benzene rings is 1. The maximum absolute atomic E-state index is 11.8. The number of rotatable bonds is 8. The Kier molecular flexibility index (Phi) is 6.44. The molecule has 0 aliphatic carbocycles. The van der Waals surface area contributed by atoms with Crippen LogP contribution in [0.4, 0.5) is 0 Å². The summed E-state index contributed by atoms with van der Waals surface area (Å²) in [6, 6.07) is 7.04. The second-order valence-corrected chi connectivity index (χ2v) is 4.62. The van der Waals surface area contributed by atoms with Crippen molar-refractivity contribution in [3.63, 3.8) is 0 Å². The number of unbranched alkanes of at least 4 members (excludes halogenated alkanes) is 3. The summed E-state index contributed by atoms with van der Waals surface area (Å²) >= 11 is 5.93. The normalized spacial score (nSPS) is 10.3. The van der Waals surface area contributed by atoms with Crippen molar-refractivity contribution in [2.45, 2.75) is 38.5 Å². The van der Waals surface area contributed by atoms with Gasteiger partial charge < -0.3 is 5.11 Å². The van der Waals surface area contributed by atoms with Gasteiger partial charge in [0, 0.05) is 18.4 Å². The third kappa shape index (κ3) is 5.32. The molecule has 0 atom stereocenters. The average Bonchev–Trinajstić information content (AvgIpc) is 2.33. The molecule has 0 spiro atoms. The predicted molar refractivity (Wildman–Crippen MR) is 71.1 cm³/mol. The summed E-state index contributed by atoms with van der Waals surface area (Å²) in [5.41, 5.74) is 0.574. The van der Waals surface area contributed by atoms with E-state index < -0.39 is 5.97 Å². The summed E-state index contributed by atoms with van der Waals surface area (Å²) < 4.78 is 0. The summed E-state index contributed by atoms with van der Waals surface area (Å²) in [5.74, 6) is -0.707. The number of aliphatic carboxylic acids is 1. The molecule has 18 heavy (non-hydrogen) atoms. The van der Waals surface area contributed by atoms with E-state index in [4.69, 9.17) is 16.7 Å². The lowest BCUT2D eigenvalue weighted by Gasteiger charge is -2.03. The summed E-state index contributed by atoms with van der Waals surface area (Å²) in [7, 11) is 0. The molecule has 0 saturated heterocycles. The van der Waals surface area contributed by atoms with E-state index >= 15 is 0 Å². The van der Waals surface area contributed by atoms with Crippen LogP contribution in [-0.2, 0) is 4.79 Å². The Labute approximate surface area is 112 Å². The number of halogens is 1. The van der Waals surface area contributed by atoms with Gasteiger partial charge in [0.25, 0.3) is 0 Å². The Morgan fingerprint density at radius 1 is 1.00 bits per heavy atom. The van der Waals surface area contributed by atoms with Crippen molar-refractivity contribution in [2.75, 3.05) is 0 Å². The molecule has 0 heterocycles. The largest absolute Gasteiger partial charge is 0.481 e. The Balaban J connectivity index is 2.22. The van der Waals surface area contributed by atoms with Gasteiger partial charge in [-0.15, -0.1) is 0 Å². The van der Waals surface area contributed by atoms with Crippen molar-refractivity contribution < 1.29 is 14.7 Å². The van der Waals surface area contributed by atoms with Crippen LogP contribution in [0.25, 0.3) is 0 Å². The van der Waals surface area contributed by atoms with Crippen molar-refractivity contribution in [3.8, 4) is 0 Å². The van der Waals surface area contributed by atoms with Crippen LogP contribution in [0.2, 0.25) is 5.02 Å². The number of carboxylic acids is 1. The average molecular weight is 269 g/mol. The highest BCUT2D eigenvalue weighted by molar-refractivity contribution is 6.33. The minimum Gasteiger partial charge on any atom is -0.481 e. The van der Waals surface area contributed by atoms with E-state index in [1.165, 1.54) is 0 Å². The highest BCUT2D eigenvalue weighted by atomic mass is 35.5.